The Morgan fingerprint density at radius 2 is 1.61 bits per heavy atom. The molecule has 9 heteroatoms. The van der Waals surface area contributed by atoms with E-state index < -0.39 is 0 Å². The van der Waals surface area contributed by atoms with E-state index in [1.165, 1.54) is 6.08 Å². The molecule has 0 bridgehead atoms. The summed E-state index contributed by atoms with van der Waals surface area (Å²) in [4.78, 5) is 7.34. The summed E-state index contributed by atoms with van der Waals surface area (Å²) >= 11 is 23.6. The van der Waals surface area contributed by atoms with Crippen LogP contribution in [0.2, 0.25) is 10.0 Å². The first kappa shape index (κ1) is 25.5. The maximum absolute atomic E-state index is 6.24. The summed E-state index contributed by atoms with van der Waals surface area (Å²) in [6.07, 6.45) is 4.74. The molecule has 0 aliphatic carbocycles. The highest BCUT2D eigenvalue weighted by Crippen LogP contribution is 2.37. The first-order chi connectivity index (χ1) is 14.9. The Balaban J connectivity index is 1.67. The number of unbranched alkanes of at least 4 members (excludes halogenated alkanes) is 1. The molecule has 0 radical (unpaired) electrons. The van der Waals surface area contributed by atoms with Crippen molar-refractivity contribution in [2.75, 3.05) is 38.8 Å². The van der Waals surface area contributed by atoms with Gasteiger partial charge in [-0.05, 0) is 36.6 Å². The molecule has 2 aromatic rings. The zero-order valence-electron chi connectivity index (χ0n) is 17.3. The van der Waals surface area contributed by atoms with E-state index in [-0.39, 0.29) is 11.1 Å². The molecule has 5 nitrogen and oxygen atoms in total. The van der Waals surface area contributed by atoms with Crippen LogP contribution in [0.1, 0.15) is 18.4 Å². The second kappa shape index (κ2) is 13.6. The summed E-state index contributed by atoms with van der Waals surface area (Å²) in [6, 6.07) is 11.3. The third kappa shape index (κ3) is 9.48. The van der Waals surface area contributed by atoms with Crippen molar-refractivity contribution < 1.29 is 14.3 Å². The molecule has 0 saturated heterocycles. The molecule has 168 valence electrons. The van der Waals surface area contributed by atoms with E-state index in [9.17, 15) is 0 Å². The van der Waals surface area contributed by atoms with Crippen LogP contribution in [-0.4, -0.2) is 40.1 Å². The number of ether oxygens (including phenoxy) is 2. The van der Waals surface area contributed by atoms with Crippen LogP contribution < -0.4 is 14.4 Å². The molecule has 0 amide bonds. The van der Waals surface area contributed by atoms with Gasteiger partial charge in [-0.2, -0.15) is 0 Å². The lowest BCUT2D eigenvalue weighted by Crippen LogP contribution is -2.08. The van der Waals surface area contributed by atoms with Crippen molar-refractivity contribution >= 4 is 58.3 Å². The maximum Gasteiger partial charge on any atom is 0.156 e. The molecule has 0 fully saturated rings. The minimum atomic E-state index is 0.130. The van der Waals surface area contributed by atoms with Gasteiger partial charge in [0.2, 0.25) is 0 Å². The standard InChI is InChI=1S/C22H24Cl4N2O3/c1-28(2)17-7-5-16(6-8-17)15-27-31-11-4-3-10-30-22-19(23)13-18(14-20(22)24)29-12-9-21(25)26/h5-9,13-15H,3-4,10-12H2,1-2H3. The van der Waals surface area contributed by atoms with Gasteiger partial charge in [0.05, 0.1) is 22.9 Å². The third-order valence-corrected chi connectivity index (χ3v) is 4.89. The summed E-state index contributed by atoms with van der Waals surface area (Å²) in [6.45, 7) is 1.14. The number of halogens is 4. The van der Waals surface area contributed by atoms with Gasteiger partial charge in [0, 0.05) is 31.9 Å². The van der Waals surface area contributed by atoms with Gasteiger partial charge in [-0.15, -0.1) is 0 Å². The van der Waals surface area contributed by atoms with Crippen molar-refractivity contribution in [2.45, 2.75) is 12.8 Å². The number of oxime groups is 1. The molecular weight excluding hydrogens is 482 g/mol. The molecule has 0 heterocycles. The van der Waals surface area contributed by atoms with E-state index in [0.717, 1.165) is 24.1 Å². The Bertz CT molecular complexity index is 860. The topological polar surface area (TPSA) is 43.3 Å². The van der Waals surface area contributed by atoms with E-state index in [4.69, 9.17) is 60.7 Å². The molecule has 0 saturated carbocycles. The van der Waals surface area contributed by atoms with Crippen LogP contribution >= 0.6 is 46.4 Å². The Morgan fingerprint density at radius 3 is 2.23 bits per heavy atom. The molecule has 0 unspecified atom stereocenters. The summed E-state index contributed by atoms with van der Waals surface area (Å²) in [5, 5.41) is 4.72. The molecule has 2 aromatic carbocycles. The van der Waals surface area contributed by atoms with Gasteiger partial charge in [-0.25, -0.2) is 0 Å². The lowest BCUT2D eigenvalue weighted by atomic mass is 10.2. The van der Waals surface area contributed by atoms with Gasteiger partial charge in [0.25, 0.3) is 0 Å². The highest BCUT2D eigenvalue weighted by atomic mass is 35.5. The van der Waals surface area contributed by atoms with E-state index in [2.05, 4.69) is 5.16 Å². The fourth-order valence-corrected chi connectivity index (χ4v) is 3.11. The molecule has 0 aliphatic rings. The summed E-state index contributed by atoms with van der Waals surface area (Å²) in [5.74, 6) is 0.914. The number of hydrogen-bond donors (Lipinski definition) is 0. The fraction of sp³-hybridized carbons (Fsp3) is 0.318. The average molecular weight is 506 g/mol. The normalized spacial score (nSPS) is 10.8. The summed E-state index contributed by atoms with van der Waals surface area (Å²) in [7, 11) is 4.00. The summed E-state index contributed by atoms with van der Waals surface area (Å²) < 4.78 is 11.3. The molecule has 2 rings (SSSR count). The predicted octanol–water partition coefficient (Wildman–Crippen LogP) is 6.97. The van der Waals surface area contributed by atoms with Crippen LogP contribution in [-0.2, 0) is 4.84 Å². The SMILES string of the molecule is CN(C)c1ccc(C=NOCCCCOc2c(Cl)cc(OCC=C(Cl)Cl)cc2Cl)cc1. The number of hydrogen-bond acceptors (Lipinski definition) is 5. The maximum atomic E-state index is 6.24. The van der Waals surface area contributed by atoms with Gasteiger partial charge in [0.1, 0.15) is 23.5 Å². The predicted molar refractivity (Wildman–Crippen MR) is 131 cm³/mol. The van der Waals surface area contributed by atoms with Crippen LogP contribution in [0.15, 0.2) is 52.1 Å². The third-order valence-electron chi connectivity index (χ3n) is 4.02. The van der Waals surface area contributed by atoms with Gasteiger partial charge >= 0.3 is 0 Å². The molecule has 0 aliphatic heterocycles. The van der Waals surface area contributed by atoms with Crippen LogP contribution in [0.25, 0.3) is 0 Å². The number of nitrogens with zero attached hydrogens (tertiary/aromatic N) is 2. The first-order valence-electron chi connectivity index (χ1n) is 9.55. The van der Waals surface area contributed by atoms with Crippen molar-refractivity contribution in [3.8, 4) is 11.5 Å². The quantitative estimate of drug-likeness (QED) is 0.177. The second-order valence-corrected chi connectivity index (χ2v) is 8.45. The van der Waals surface area contributed by atoms with Crippen LogP contribution in [0.5, 0.6) is 11.5 Å². The van der Waals surface area contributed by atoms with E-state index in [0.29, 0.717) is 34.8 Å². The Morgan fingerprint density at radius 1 is 0.968 bits per heavy atom. The molecule has 0 N–H and O–H groups in total. The van der Waals surface area contributed by atoms with Gasteiger partial charge in [-0.3, -0.25) is 0 Å². The average Bonchev–Trinajstić information content (AvgIpc) is 2.71. The Hall–Kier alpha value is -1.79. The zero-order valence-corrected chi connectivity index (χ0v) is 20.3. The van der Waals surface area contributed by atoms with Crippen molar-refractivity contribution in [1.29, 1.82) is 0 Å². The minimum absolute atomic E-state index is 0.130. The Labute approximate surface area is 203 Å². The largest absolute Gasteiger partial charge is 0.490 e. The van der Waals surface area contributed by atoms with Crippen molar-refractivity contribution in [1.82, 2.24) is 0 Å². The monoisotopic (exact) mass is 504 g/mol. The highest BCUT2D eigenvalue weighted by Gasteiger charge is 2.10. The van der Waals surface area contributed by atoms with Crippen LogP contribution in [0, 0.1) is 0 Å². The fourth-order valence-electron chi connectivity index (χ4n) is 2.41. The lowest BCUT2D eigenvalue weighted by Gasteiger charge is -2.12. The van der Waals surface area contributed by atoms with Crippen LogP contribution in [0.3, 0.4) is 0 Å². The van der Waals surface area contributed by atoms with Crippen molar-refractivity contribution in [2.24, 2.45) is 5.16 Å². The summed E-state index contributed by atoms with van der Waals surface area (Å²) in [5.41, 5.74) is 2.11. The first-order valence-corrected chi connectivity index (χ1v) is 11.1. The Kier molecular flexibility index (Phi) is 11.2. The van der Waals surface area contributed by atoms with Gasteiger partial charge in [0.15, 0.2) is 5.75 Å². The molecular formula is C22H24Cl4N2O3. The van der Waals surface area contributed by atoms with Gasteiger partial charge < -0.3 is 19.2 Å². The number of rotatable bonds is 12. The van der Waals surface area contributed by atoms with E-state index >= 15 is 0 Å². The van der Waals surface area contributed by atoms with E-state index in [1.807, 2.05) is 43.3 Å². The molecule has 0 atom stereocenters. The van der Waals surface area contributed by atoms with Crippen molar-refractivity contribution in [3.05, 3.63) is 62.6 Å². The number of benzene rings is 2. The van der Waals surface area contributed by atoms with Crippen LogP contribution in [0.4, 0.5) is 5.69 Å². The highest BCUT2D eigenvalue weighted by molar-refractivity contribution is 6.55. The lowest BCUT2D eigenvalue weighted by molar-refractivity contribution is 0.137. The molecule has 0 spiro atoms. The smallest absolute Gasteiger partial charge is 0.156 e. The van der Waals surface area contributed by atoms with E-state index in [1.54, 1.807) is 18.3 Å². The second-order valence-electron chi connectivity index (χ2n) is 6.63. The van der Waals surface area contributed by atoms with Gasteiger partial charge in [-0.1, -0.05) is 63.7 Å². The minimum Gasteiger partial charge on any atom is -0.490 e. The zero-order chi connectivity index (χ0) is 22.6. The molecule has 0 aromatic heterocycles. The van der Waals surface area contributed by atoms with Crippen molar-refractivity contribution in [3.63, 3.8) is 0 Å². The number of anilines is 1. The molecule has 31 heavy (non-hydrogen) atoms.